The van der Waals surface area contributed by atoms with Gasteiger partial charge in [-0.2, -0.15) is 0 Å². The molecule has 0 bridgehead atoms. The van der Waals surface area contributed by atoms with E-state index in [9.17, 15) is 19.2 Å². The minimum atomic E-state index is -0.765. The third-order valence-corrected chi connectivity index (χ3v) is 3.96. The standard InChI is InChI=1S/C21H30N2O7/c1-3-4-5-13-29-17-8-6-16(7-9-17)18(24)10-11-20(26)30-15-19(25)23-21(27)22-12-14-28-2/h6-9H,3-5,10-15H2,1-2H3,(H2,22,23,25,27). The Kier molecular flexibility index (Phi) is 12.5. The van der Waals surface area contributed by atoms with Crippen molar-refractivity contribution in [3.8, 4) is 5.75 Å². The summed E-state index contributed by atoms with van der Waals surface area (Å²) in [6, 6.07) is 6.04. The summed E-state index contributed by atoms with van der Waals surface area (Å²) >= 11 is 0. The number of benzene rings is 1. The molecule has 0 aliphatic carbocycles. The summed E-state index contributed by atoms with van der Waals surface area (Å²) in [4.78, 5) is 46.8. The van der Waals surface area contributed by atoms with Crippen LogP contribution in [0.2, 0.25) is 0 Å². The van der Waals surface area contributed by atoms with Gasteiger partial charge in [-0.3, -0.25) is 19.7 Å². The molecule has 1 aromatic rings. The predicted molar refractivity (Wildman–Crippen MR) is 109 cm³/mol. The van der Waals surface area contributed by atoms with Gasteiger partial charge >= 0.3 is 12.0 Å². The average molecular weight is 422 g/mol. The summed E-state index contributed by atoms with van der Waals surface area (Å²) < 4.78 is 15.1. The van der Waals surface area contributed by atoms with E-state index in [1.165, 1.54) is 7.11 Å². The van der Waals surface area contributed by atoms with Gasteiger partial charge < -0.3 is 19.5 Å². The van der Waals surface area contributed by atoms with Crippen LogP contribution in [0.15, 0.2) is 24.3 Å². The van der Waals surface area contributed by atoms with Crippen LogP contribution in [-0.4, -0.2) is 57.2 Å². The molecule has 0 aliphatic rings. The van der Waals surface area contributed by atoms with Crippen molar-refractivity contribution >= 4 is 23.7 Å². The van der Waals surface area contributed by atoms with Crippen LogP contribution < -0.4 is 15.4 Å². The van der Waals surface area contributed by atoms with Crippen LogP contribution in [0.5, 0.6) is 5.75 Å². The second-order valence-corrected chi connectivity index (χ2v) is 6.46. The Morgan fingerprint density at radius 1 is 0.967 bits per heavy atom. The number of imide groups is 1. The number of unbranched alkanes of at least 4 members (excludes halogenated alkanes) is 2. The van der Waals surface area contributed by atoms with E-state index < -0.39 is 24.5 Å². The third kappa shape index (κ3) is 11.2. The minimum absolute atomic E-state index is 0.0470. The van der Waals surface area contributed by atoms with Gasteiger partial charge in [-0.15, -0.1) is 0 Å². The molecule has 1 aromatic carbocycles. The molecule has 0 saturated carbocycles. The summed E-state index contributed by atoms with van der Waals surface area (Å²) in [5, 5.41) is 4.40. The lowest BCUT2D eigenvalue weighted by Gasteiger charge is -2.08. The number of carbonyl (C=O) groups is 4. The van der Waals surface area contributed by atoms with Crippen molar-refractivity contribution in [2.75, 3.05) is 33.5 Å². The highest BCUT2D eigenvalue weighted by Crippen LogP contribution is 2.15. The molecule has 1 rings (SSSR count). The van der Waals surface area contributed by atoms with Crippen LogP contribution in [0.4, 0.5) is 4.79 Å². The number of ether oxygens (including phenoxy) is 3. The Balaban J connectivity index is 2.26. The first-order valence-corrected chi connectivity index (χ1v) is 9.94. The van der Waals surface area contributed by atoms with E-state index in [0.29, 0.717) is 24.5 Å². The van der Waals surface area contributed by atoms with Crippen LogP contribution >= 0.6 is 0 Å². The van der Waals surface area contributed by atoms with Gasteiger partial charge in [-0.25, -0.2) is 4.79 Å². The molecule has 3 amide bonds. The van der Waals surface area contributed by atoms with Gasteiger partial charge in [0.25, 0.3) is 5.91 Å². The molecule has 0 aliphatic heterocycles. The van der Waals surface area contributed by atoms with Gasteiger partial charge in [0.05, 0.1) is 19.6 Å². The molecule has 30 heavy (non-hydrogen) atoms. The number of carbonyl (C=O) groups excluding carboxylic acids is 4. The molecule has 9 nitrogen and oxygen atoms in total. The fourth-order valence-electron chi connectivity index (χ4n) is 2.33. The lowest BCUT2D eigenvalue weighted by atomic mass is 10.1. The topological polar surface area (TPSA) is 120 Å². The lowest BCUT2D eigenvalue weighted by molar-refractivity contribution is -0.148. The van der Waals surface area contributed by atoms with Gasteiger partial charge in [0.15, 0.2) is 12.4 Å². The Hall–Kier alpha value is -2.94. The van der Waals surface area contributed by atoms with E-state index in [1.807, 2.05) is 5.32 Å². The van der Waals surface area contributed by atoms with E-state index in [1.54, 1.807) is 24.3 Å². The number of nitrogens with one attached hydrogen (secondary N) is 2. The molecular formula is C21H30N2O7. The monoisotopic (exact) mass is 422 g/mol. The molecule has 0 aromatic heterocycles. The van der Waals surface area contributed by atoms with Crippen molar-refractivity contribution in [2.45, 2.75) is 39.0 Å². The number of urea groups is 1. The first-order chi connectivity index (χ1) is 14.5. The van der Waals surface area contributed by atoms with Crippen molar-refractivity contribution in [2.24, 2.45) is 0 Å². The molecule has 9 heteroatoms. The number of amides is 3. The van der Waals surface area contributed by atoms with E-state index in [2.05, 4.69) is 12.2 Å². The lowest BCUT2D eigenvalue weighted by Crippen LogP contribution is -2.42. The Morgan fingerprint density at radius 2 is 1.70 bits per heavy atom. The van der Waals surface area contributed by atoms with Gasteiger partial charge in [-0.05, 0) is 30.7 Å². The third-order valence-electron chi connectivity index (χ3n) is 3.96. The molecular weight excluding hydrogens is 392 g/mol. The van der Waals surface area contributed by atoms with Crippen LogP contribution in [0, 0.1) is 0 Å². The number of Topliss-reactive ketones (excluding diaryl/α,β-unsaturated/α-hetero) is 1. The number of ketones is 1. The Morgan fingerprint density at radius 3 is 2.37 bits per heavy atom. The minimum Gasteiger partial charge on any atom is -0.494 e. The molecule has 0 unspecified atom stereocenters. The summed E-state index contributed by atoms with van der Waals surface area (Å²) in [6.45, 7) is 2.70. The zero-order chi connectivity index (χ0) is 22.2. The zero-order valence-corrected chi connectivity index (χ0v) is 17.5. The molecule has 0 heterocycles. The molecule has 0 spiro atoms. The fourth-order valence-corrected chi connectivity index (χ4v) is 2.33. The highest BCUT2D eigenvalue weighted by Gasteiger charge is 2.13. The van der Waals surface area contributed by atoms with Crippen LogP contribution in [0.3, 0.4) is 0 Å². The predicted octanol–water partition coefficient (Wildman–Crippen LogP) is 2.23. The van der Waals surface area contributed by atoms with Gasteiger partial charge in [0, 0.05) is 25.6 Å². The Labute approximate surface area is 176 Å². The number of rotatable bonds is 14. The summed E-state index contributed by atoms with van der Waals surface area (Å²) in [5.74, 6) is -0.987. The first-order valence-electron chi connectivity index (χ1n) is 9.94. The maximum absolute atomic E-state index is 12.2. The van der Waals surface area contributed by atoms with Crippen molar-refractivity contribution in [3.63, 3.8) is 0 Å². The highest BCUT2D eigenvalue weighted by molar-refractivity contribution is 5.98. The Bertz CT molecular complexity index is 689. The first kappa shape index (κ1) is 25.1. The van der Waals surface area contributed by atoms with Crippen LogP contribution in [0.1, 0.15) is 49.4 Å². The number of hydrogen-bond donors (Lipinski definition) is 2. The summed E-state index contributed by atoms with van der Waals surface area (Å²) in [7, 11) is 1.48. The van der Waals surface area contributed by atoms with Crippen molar-refractivity contribution in [3.05, 3.63) is 29.8 Å². The van der Waals surface area contributed by atoms with Crippen LogP contribution in [0.25, 0.3) is 0 Å². The molecule has 0 atom stereocenters. The summed E-state index contributed by atoms with van der Waals surface area (Å²) in [6.07, 6.45) is 3.00. The molecule has 166 valence electrons. The van der Waals surface area contributed by atoms with Crippen LogP contribution in [-0.2, 0) is 19.1 Å². The average Bonchev–Trinajstić information content (AvgIpc) is 2.74. The zero-order valence-electron chi connectivity index (χ0n) is 17.5. The van der Waals surface area contributed by atoms with E-state index >= 15 is 0 Å². The smallest absolute Gasteiger partial charge is 0.321 e. The second-order valence-electron chi connectivity index (χ2n) is 6.46. The molecule has 2 N–H and O–H groups in total. The van der Waals surface area contributed by atoms with Gasteiger partial charge in [0.1, 0.15) is 5.75 Å². The van der Waals surface area contributed by atoms with Crippen molar-refractivity contribution in [1.29, 1.82) is 0 Å². The maximum Gasteiger partial charge on any atom is 0.321 e. The number of esters is 1. The van der Waals surface area contributed by atoms with Gasteiger partial charge in [0.2, 0.25) is 0 Å². The van der Waals surface area contributed by atoms with Gasteiger partial charge in [-0.1, -0.05) is 19.8 Å². The largest absolute Gasteiger partial charge is 0.494 e. The van der Waals surface area contributed by atoms with E-state index in [-0.39, 0.29) is 25.2 Å². The van der Waals surface area contributed by atoms with Crippen molar-refractivity contribution in [1.82, 2.24) is 10.6 Å². The number of hydrogen-bond acceptors (Lipinski definition) is 7. The SMILES string of the molecule is CCCCCOc1ccc(C(=O)CCC(=O)OCC(=O)NC(=O)NCCOC)cc1. The van der Waals surface area contributed by atoms with E-state index in [4.69, 9.17) is 14.2 Å². The highest BCUT2D eigenvalue weighted by atomic mass is 16.5. The number of methoxy groups -OCH3 is 1. The van der Waals surface area contributed by atoms with Crippen molar-refractivity contribution < 1.29 is 33.4 Å². The quantitative estimate of drug-likeness (QED) is 0.268. The summed E-state index contributed by atoms with van der Waals surface area (Å²) in [5.41, 5.74) is 0.467. The maximum atomic E-state index is 12.2. The second kappa shape index (κ2) is 15.0. The molecule has 0 saturated heterocycles. The molecule has 0 radical (unpaired) electrons. The normalized spacial score (nSPS) is 10.2. The molecule has 0 fully saturated rings. The van der Waals surface area contributed by atoms with E-state index in [0.717, 1.165) is 19.3 Å². The fraction of sp³-hybridized carbons (Fsp3) is 0.524.